The summed E-state index contributed by atoms with van der Waals surface area (Å²) in [6.45, 7) is 8.39. The van der Waals surface area contributed by atoms with Crippen molar-refractivity contribution >= 4 is 0 Å². The molecule has 1 rings (SSSR count). The molecule has 1 aliphatic rings. The van der Waals surface area contributed by atoms with Crippen molar-refractivity contribution in [1.29, 1.82) is 0 Å². The normalized spacial score (nSPS) is 20.5. The van der Waals surface area contributed by atoms with E-state index in [-0.39, 0.29) is 12.8 Å². The van der Waals surface area contributed by atoms with Crippen LogP contribution in [-0.4, -0.2) is 32.1 Å². The lowest BCUT2D eigenvalue weighted by Gasteiger charge is -2.28. The highest BCUT2D eigenvalue weighted by Gasteiger charge is 2.34. The standard InChI is InChI=1S/C14H28F2N2/c1-12(2)10-17-8-3-9-18-11-13-4-6-14(15,16)7-5-13/h12-13,17-18H,3-11H2,1-2H3. The van der Waals surface area contributed by atoms with Crippen molar-refractivity contribution in [2.24, 2.45) is 11.8 Å². The molecule has 0 unspecified atom stereocenters. The summed E-state index contributed by atoms with van der Waals surface area (Å²) in [4.78, 5) is 0. The van der Waals surface area contributed by atoms with Gasteiger partial charge in [0.1, 0.15) is 0 Å². The van der Waals surface area contributed by atoms with Gasteiger partial charge in [-0.2, -0.15) is 0 Å². The van der Waals surface area contributed by atoms with E-state index in [0.717, 1.165) is 32.6 Å². The SMILES string of the molecule is CC(C)CNCCCNCC1CCC(F)(F)CC1. The summed E-state index contributed by atoms with van der Waals surface area (Å²) in [5.74, 6) is -1.24. The minimum Gasteiger partial charge on any atom is -0.316 e. The maximum absolute atomic E-state index is 12.9. The van der Waals surface area contributed by atoms with Crippen LogP contribution in [0.5, 0.6) is 0 Å². The van der Waals surface area contributed by atoms with Crippen molar-refractivity contribution in [3.8, 4) is 0 Å². The molecule has 0 aromatic heterocycles. The Bertz CT molecular complexity index is 210. The van der Waals surface area contributed by atoms with E-state index in [0.29, 0.717) is 24.7 Å². The molecule has 0 bridgehead atoms. The Labute approximate surface area is 110 Å². The lowest BCUT2D eigenvalue weighted by molar-refractivity contribution is -0.0454. The summed E-state index contributed by atoms with van der Waals surface area (Å²) in [7, 11) is 0. The van der Waals surface area contributed by atoms with Crippen molar-refractivity contribution in [1.82, 2.24) is 10.6 Å². The first-order valence-electron chi connectivity index (χ1n) is 7.29. The van der Waals surface area contributed by atoms with Gasteiger partial charge in [0.25, 0.3) is 0 Å². The molecule has 2 N–H and O–H groups in total. The van der Waals surface area contributed by atoms with Crippen molar-refractivity contribution in [3.63, 3.8) is 0 Å². The fourth-order valence-electron chi connectivity index (χ4n) is 2.34. The fraction of sp³-hybridized carbons (Fsp3) is 1.00. The van der Waals surface area contributed by atoms with Gasteiger partial charge in [-0.3, -0.25) is 0 Å². The van der Waals surface area contributed by atoms with E-state index in [4.69, 9.17) is 0 Å². The first kappa shape index (κ1) is 15.8. The van der Waals surface area contributed by atoms with E-state index < -0.39 is 5.92 Å². The number of hydrogen-bond acceptors (Lipinski definition) is 2. The maximum atomic E-state index is 12.9. The first-order valence-corrected chi connectivity index (χ1v) is 7.29. The zero-order chi connectivity index (χ0) is 13.4. The third-order valence-electron chi connectivity index (χ3n) is 3.53. The van der Waals surface area contributed by atoms with Gasteiger partial charge >= 0.3 is 0 Å². The summed E-state index contributed by atoms with van der Waals surface area (Å²) < 4.78 is 25.9. The van der Waals surface area contributed by atoms with Crippen LogP contribution in [0.2, 0.25) is 0 Å². The summed E-state index contributed by atoms with van der Waals surface area (Å²) in [5, 5.41) is 6.78. The summed E-state index contributed by atoms with van der Waals surface area (Å²) in [6, 6.07) is 0. The van der Waals surface area contributed by atoms with Gasteiger partial charge in [0, 0.05) is 12.8 Å². The smallest absolute Gasteiger partial charge is 0.248 e. The van der Waals surface area contributed by atoms with Crippen LogP contribution in [0, 0.1) is 11.8 Å². The quantitative estimate of drug-likeness (QED) is 0.657. The molecule has 0 aliphatic heterocycles. The van der Waals surface area contributed by atoms with Gasteiger partial charge in [0.05, 0.1) is 0 Å². The van der Waals surface area contributed by atoms with Gasteiger partial charge in [-0.1, -0.05) is 13.8 Å². The van der Waals surface area contributed by atoms with Crippen molar-refractivity contribution in [2.45, 2.75) is 51.9 Å². The van der Waals surface area contributed by atoms with Crippen LogP contribution in [-0.2, 0) is 0 Å². The largest absolute Gasteiger partial charge is 0.316 e. The molecule has 0 heterocycles. The second-order valence-electron chi connectivity index (χ2n) is 5.95. The summed E-state index contributed by atoms with van der Waals surface area (Å²) >= 11 is 0. The van der Waals surface area contributed by atoms with Gasteiger partial charge in [0.2, 0.25) is 5.92 Å². The molecule has 4 heteroatoms. The van der Waals surface area contributed by atoms with E-state index >= 15 is 0 Å². The minimum atomic E-state index is -2.39. The molecule has 0 saturated heterocycles. The molecule has 108 valence electrons. The zero-order valence-electron chi connectivity index (χ0n) is 11.8. The van der Waals surface area contributed by atoms with Crippen molar-refractivity contribution < 1.29 is 8.78 Å². The van der Waals surface area contributed by atoms with E-state index in [1.165, 1.54) is 0 Å². The topological polar surface area (TPSA) is 24.1 Å². The Morgan fingerprint density at radius 3 is 2.33 bits per heavy atom. The summed E-state index contributed by atoms with van der Waals surface area (Å²) in [6.07, 6.45) is 2.61. The average molecular weight is 262 g/mol. The lowest BCUT2D eigenvalue weighted by Crippen LogP contribution is -2.32. The van der Waals surface area contributed by atoms with E-state index in [1.807, 2.05) is 0 Å². The Morgan fingerprint density at radius 1 is 1.11 bits per heavy atom. The highest BCUT2D eigenvalue weighted by atomic mass is 19.3. The molecular weight excluding hydrogens is 234 g/mol. The van der Waals surface area contributed by atoms with Crippen molar-refractivity contribution in [2.75, 3.05) is 26.2 Å². The second kappa shape index (κ2) is 8.05. The van der Waals surface area contributed by atoms with Crippen LogP contribution in [0.3, 0.4) is 0 Å². The van der Waals surface area contributed by atoms with E-state index in [2.05, 4.69) is 24.5 Å². The lowest BCUT2D eigenvalue weighted by atomic mass is 9.87. The first-order chi connectivity index (χ1) is 8.49. The molecule has 0 aromatic rings. The van der Waals surface area contributed by atoms with Crippen LogP contribution in [0.25, 0.3) is 0 Å². The van der Waals surface area contributed by atoms with Crippen LogP contribution < -0.4 is 10.6 Å². The third kappa shape index (κ3) is 7.27. The molecule has 1 aliphatic carbocycles. The Hall–Kier alpha value is -0.220. The summed E-state index contributed by atoms with van der Waals surface area (Å²) in [5.41, 5.74) is 0. The molecular formula is C14H28F2N2. The Morgan fingerprint density at radius 2 is 1.72 bits per heavy atom. The van der Waals surface area contributed by atoms with Crippen LogP contribution in [0.4, 0.5) is 8.78 Å². The van der Waals surface area contributed by atoms with Crippen LogP contribution in [0.15, 0.2) is 0 Å². The molecule has 0 spiro atoms. The van der Waals surface area contributed by atoms with Gasteiger partial charge in [-0.25, -0.2) is 8.78 Å². The molecule has 1 fully saturated rings. The Balaban J connectivity index is 1.90. The maximum Gasteiger partial charge on any atom is 0.248 e. The van der Waals surface area contributed by atoms with E-state index in [9.17, 15) is 8.78 Å². The molecule has 0 atom stereocenters. The van der Waals surface area contributed by atoms with E-state index in [1.54, 1.807) is 0 Å². The fourth-order valence-corrected chi connectivity index (χ4v) is 2.34. The van der Waals surface area contributed by atoms with Gasteiger partial charge < -0.3 is 10.6 Å². The molecule has 18 heavy (non-hydrogen) atoms. The monoisotopic (exact) mass is 262 g/mol. The third-order valence-corrected chi connectivity index (χ3v) is 3.53. The predicted octanol–water partition coefficient (Wildman–Crippen LogP) is 3.04. The highest BCUT2D eigenvalue weighted by Crippen LogP contribution is 2.35. The Kier molecular flexibility index (Phi) is 7.08. The molecule has 2 nitrogen and oxygen atoms in total. The number of alkyl halides is 2. The second-order valence-corrected chi connectivity index (χ2v) is 5.95. The van der Waals surface area contributed by atoms with Crippen molar-refractivity contribution in [3.05, 3.63) is 0 Å². The number of hydrogen-bond donors (Lipinski definition) is 2. The number of nitrogens with one attached hydrogen (secondary N) is 2. The zero-order valence-corrected chi connectivity index (χ0v) is 11.8. The minimum absolute atomic E-state index is 0.0787. The molecule has 0 aromatic carbocycles. The number of rotatable bonds is 8. The number of halogens is 2. The van der Waals surface area contributed by atoms with Crippen LogP contribution in [0.1, 0.15) is 46.0 Å². The molecule has 0 radical (unpaired) electrons. The molecule has 0 amide bonds. The average Bonchev–Trinajstić information content (AvgIpc) is 2.29. The van der Waals surface area contributed by atoms with Gasteiger partial charge in [-0.15, -0.1) is 0 Å². The molecule has 1 saturated carbocycles. The highest BCUT2D eigenvalue weighted by molar-refractivity contribution is 4.78. The van der Waals surface area contributed by atoms with Gasteiger partial charge in [-0.05, 0) is 57.3 Å². The van der Waals surface area contributed by atoms with Crippen LogP contribution >= 0.6 is 0 Å². The van der Waals surface area contributed by atoms with Gasteiger partial charge in [0.15, 0.2) is 0 Å². The predicted molar refractivity (Wildman–Crippen MR) is 72.1 cm³/mol.